The molecule has 2 aromatic heterocycles. The number of carboxylic acid groups (broad SMARTS) is 1. The number of ether oxygens (including phenoxy) is 2. The van der Waals surface area contributed by atoms with Crippen LogP contribution in [0.5, 0.6) is 0 Å². The topological polar surface area (TPSA) is 98.5 Å². The normalized spacial score (nSPS) is 41.2. The summed E-state index contributed by atoms with van der Waals surface area (Å²) in [7, 11) is 2.05. The summed E-state index contributed by atoms with van der Waals surface area (Å²) in [5, 5.41) is 19.9. The van der Waals surface area contributed by atoms with Gasteiger partial charge in [-0.1, -0.05) is 74.0 Å². The van der Waals surface area contributed by atoms with Crippen LogP contribution in [0.4, 0.5) is 0 Å². The van der Waals surface area contributed by atoms with Crippen molar-refractivity contribution in [1.82, 2.24) is 20.1 Å². The van der Waals surface area contributed by atoms with E-state index >= 15 is 0 Å². The van der Waals surface area contributed by atoms with E-state index in [1.54, 1.807) is 5.57 Å². The molecule has 1 saturated heterocycles. The van der Waals surface area contributed by atoms with Gasteiger partial charge in [0.2, 0.25) is 0 Å². The van der Waals surface area contributed by atoms with E-state index in [1.165, 1.54) is 0 Å². The molecule has 12 atom stereocenters. The Labute approximate surface area is 319 Å². The first-order chi connectivity index (χ1) is 24.9. The van der Waals surface area contributed by atoms with Crippen molar-refractivity contribution < 1.29 is 19.4 Å². The molecule has 3 heterocycles. The number of rotatable bonds is 10. The van der Waals surface area contributed by atoms with E-state index in [9.17, 15) is 9.90 Å². The predicted octanol–water partition coefficient (Wildman–Crippen LogP) is 9.09. The van der Waals surface area contributed by atoms with Gasteiger partial charge in [-0.3, -0.25) is 14.5 Å². The maximum Gasteiger partial charge on any atom is 0.307 e. The second kappa shape index (κ2) is 13.3. The lowest BCUT2D eigenvalue weighted by Crippen LogP contribution is -2.69. The minimum Gasteiger partial charge on any atom is -0.481 e. The highest BCUT2D eigenvalue weighted by atomic mass is 16.5. The molecule has 4 fully saturated rings. The smallest absolute Gasteiger partial charge is 0.307 e. The number of hydrogen-bond donors (Lipinski definition) is 2. The van der Waals surface area contributed by atoms with E-state index < -0.39 is 11.9 Å². The third-order valence-corrected chi connectivity index (χ3v) is 17.5. The minimum atomic E-state index is -0.610. The van der Waals surface area contributed by atoms with E-state index in [2.05, 4.69) is 108 Å². The van der Waals surface area contributed by atoms with E-state index in [0.29, 0.717) is 49.4 Å². The number of hydrogen-bond acceptors (Lipinski definition) is 6. The monoisotopic (exact) mass is 729 g/mol. The number of likely N-dealkylation sites (N-methyl/N-ethyl adjacent to an activating group) is 1. The lowest BCUT2D eigenvalue weighted by atomic mass is 9.34. The van der Waals surface area contributed by atoms with Crippen LogP contribution in [0.1, 0.15) is 114 Å². The van der Waals surface area contributed by atoms with Crippen molar-refractivity contribution in [3.8, 4) is 11.3 Å². The van der Waals surface area contributed by atoms with Gasteiger partial charge < -0.3 is 19.9 Å². The molecule has 2 bridgehead atoms. The molecule has 7 rings (SSSR count). The van der Waals surface area contributed by atoms with Gasteiger partial charge in [-0.2, -0.15) is 5.10 Å². The van der Waals surface area contributed by atoms with Gasteiger partial charge >= 0.3 is 5.97 Å². The van der Waals surface area contributed by atoms with Gasteiger partial charge in [0.25, 0.3) is 0 Å². The van der Waals surface area contributed by atoms with Crippen molar-refractivity contribution in [3.63, 3.8) is 0 Å². The Morgan fingerprint density at radius 1 is 1.04 bits per heavy atom. The van der Waals surface area contributed by atoms with E-state index in [1.807, 2.05) is 25.6 Å². The van der Waals surface area contributed by atoms with Gasteiger partial charge in [0.1, 0.15) is 0 Å². The largest absolute Gasteiger partial charge is 0.481 e. The van der Waals surface area contributed by atoms with Crippen molar-refractivity contribution >= 4 is 5.97 Å². The second-order valence-electron chi connectivity index (χ2n) is 20.1. The maximum absolute atomic E-state index is 13.6. The van der Waals surface area contributed by atoms with Crippen LogP contribution < -0.4 is 5.32 Å². The van der Waals surface area contributed by atoms with Crippen LogP contribution in [-0.2, 0) is 14.3 Å². The molecule has 8 heteroatoms. The summed E-state index contributed by atoms with van der Waals surface area (Å²) < 4.78 is 16.4. The van der Waals surface area contributed by atoms with Crippen molar-refractivity contribution in [1.29, 1.82) is 0 Å². The van der Waals surface area contributed by atoms with Crippen LogP contribution in [0.15, 0.2) is 48.4 Å². The minimum absolute atomic E-state index is 0.0133. The third kappa shape index (κ3) is 5.49. The van der Waals surface area contributed by atoms with Crippen LogP contribution in [0.25, 0.3) is 11.3 Å². The van der Waals surface area contributed by atoms with Crippen molar-refractivity contribution in [2.75, 3.05) is 26.9 Å². The Hall–Kier alpha value is -2.55. The molecule has 0 amide bonds. The molecule has 0 radical (unpaired) electrons. The van der Waals surface area contributed by atoms with Gasteiger partial charge in [-0.25, -0.2) is 0 Å². The number of allylic oxidation sites excluding steroid dienone is 1. The molecule has 3 saturated carbocycles. The number of aliphatic carboxylic acids is 1. The van der Waals surface area contributed by atoms with Gasteiger partial charge in [0, 0.05) is 40.5 Å². The summed E-state index contributed by atoms with van der Waals surface area (Å²) in [6.45, 7) is 25.1. The fourth-order valence-electron chi connectivity index (χ4n) is 13.2. The molecule has 53 heavy (non-hydrogen) atoms. The summed E-state index contributed by atoms with van der Waals surface area (Å²) in [5.41, 5.74) is 2.38. The molecule has 0 aromatic carbocycles. The lowest BCUT2D eigenvalue weighted by Gasteiger charge is -2.71. The molecule has 292 valence electrons. The quantitative estimate of drug-likeness (QED) is 0.236. The lowest BCUT2D eigenvalue weighted by molar-refractivity contribution is -0.253. The molecule has 8 nitrogen and oxygen atoms in total. The predicted molar refractivity (Wildman–Crippen MR) is 210 cm³/mol. The summed E-state index contributed by atoms with van der Waals surface area (Å²) in [6.07, 6.45) is 14.0. The molecular formula is C45H68N4O4. The molecule has 0 spiro atoms. The SMILES string of the molecule is CN[C@@](C)(CO[C@H]1[C@H](n2nccc2-c2ccncc2)C[C@@]23COC[C@@]1(C)[C@@H]2CC[C@H]1C3=CC[C@@]2(C)[C@H](C(=O)O)[C@@](C)([C@H](C)C(C)C)CC[C@]12C)C(C)C. The second-order valence-corrected chi connectivity index (χ2v) is 20.1. The summed E-state index contributed by atoms with van der Waals surface area (Å²) in [6, 6.07) is 6.28. The molecule has 4 aliphatic carbocycles. The maximum atomic E-state index is 13.6. The Morgan fingerprint density at radius 3 is 2.40 bits per heavy atom. The molecular weight excluding hydrogens is 661 g/mol. The van der Waals surface area contributed by atoms with Crippen molar-refractivity contribution in [2.24, 2.45) is 62.6 Å². The highest BCUT2D eigenvalue weighted by molar-refractivity contribution is 5.73. The molecule has 0 unspecified atom stereocenters. The van der Waals surface area contributed by atoms with Gasteiger partial charge in [-0.05, 0) is 117 Å². The van der Waals surface area contributed by atoms with Gasteiger partial charge in [-0.15, -0.1) is 0 Å². The fraction of sp³-hybridized carbons (Fsp3) is 0.756. The number of aromatic nitrogens is 3. The number of carbonyl (C=O) groups is 1. The number of nitrogens with zero attached hydrogens (tertiary/aromatic N) is 3. The Morgan fingerprint density at radius 2 is 1.75 bits per heavy atom. The van der Waals surface area contributed by atoms with Crippen LogP contribution in [-0.4, -0.2) is 64.4 Å². The summed E-state index contributed by atoms with van der Waals surface area (Å²) in [4.78, 5) is 17.9. The van der Waals surface area contributed by atoms with E-state index in [0.717, 1.165) is 49.8 Å². The molecule has 1 aliphatic heterocycles. The zero-order valence-electron chi connectivity index (χ0n) is 34.5. The number of nitrogens with one attached hydrogen (secondary N) is 1. The van der Waals surface area contributed by atoms with Crippen LogP contribution in [0.3, 0.4) is 0 Å². The standard InChI is InChI=1S/C45H68N4O4/c1-28(2)30(5)40(6)19-20-42(8)32-12-13-36-41(7)25-52-27-45(36,33(32)14-18-43(42,9)37(40)39(50)51)24-35(38(41)53-26-44(10,46-11)29(3)4)49-34(17-23-48-49)31-15-21-47-22-16-31/h14-17,21-23,28-30,32,35-38,46H,12-13,18-20,24-27H2,1-11H3,(H,50,51)/t30-,32+,35-,36+,37-,38+,40-,41+,42-,43+,44+,45+/m1/s1. The molecule has 2 aromatic rings. The van der Waals surface area contributed by atoms with Gasteiger partial charge in [0.15, 0.2) is 0 Å². The zero-order valence-corrected chi connectivity index (χ0v) is 34.5. The zero-order chi connectivity index (χ0) is 38.4. The van der Waals surface area contributed by atoms with Crippen LogP contribution >= 0.6 is 0 Å². The summed E-state index contributed by atoms with van der Waals surface area (Å²) >= 11 is 0. The summed E-state index contributed by atoms with van der Waals surface area (Å²) in [5.74, 6) is 0.820. The molecule has 5 aliphatic rings. The fourth-order valence-corrected chi connectivity index (χ4v) is 13.2. The highest BCUT2D eigenvalue weighted by Gasteiger charge is 2.72. The number of carboxylic acids is 1. The first kappa shape index (κ1) is 38.7. The Balaban J connectivity index is 1.35. The van der Waals surface area contributed by atoms with Crippen molar-refractivity contribution in [2.45, 2.75) is 125 Å². The van der Waals surface area contributed by atoms with Crippen LogP contribution in [0.2, 0.25) is 0 Å². The Kier molecular flexibility index (Phi) is 9.71. The van der Waals surface area contributed by atoms with Crippen molar-refractivity contribution in [3.05, 3.63) is 48.4 Å². The van der Waals surface area contributed by atoms with E-state index in [4.69, 9.17) is 14.6 Å². The van der Waals surface area contributed by atoms with E-state index in [-0.39, 0.29) is 44.8 Å². The highest BCUT2D eigenvalue weighted by Crippen LogP contribution is 2.75. The first-order valence-electron chi connectivity index (χ1n) is 20.7. The molecule has 2 N–H and O–H groups in total. The number of pyridine rings is 1. The Bertz CT molecular complexity index is 1710. The average molecular weight is 729 g/mol. The number of fused-ring (bicyclic) bond motifs is 3. The average Bonchev–Trinajstić information content (AvgIpc) is 3.61. The van der Waals surface area contributed by atoms with Crippen LogP contribution in [0, 0.1) is 62.6 Å². The van der Waals surface area contributed by atoms with Gasteiger partial charge in [0.05, 0.1) is 43.6 Å². The first-order valence-corrected chi connectivity index (χ1v) is 20.7. The third-order valence-electron chi connectivity index (χ3n) is 17.5.